The maximum atomic E-state index is 12.0. The minimum atomic E-state index is -0.488. The number of rotatable bonds is 9. The highest BCUT2D eigenvalue weighted by molar-refractivity contribution is 5.76. The highest BCUT2D eigenvalue weighted by atomic mass is 16.5. The number of hydrogen-bond acceptors (Lipinski definition) is 8. The molecule has 4 aliphatic rings. The predicted molar refractivity (Wildman–Crippen MR) is 130 cm³/mol. The van der Waals surface area contributed by atoms with Crippen molar-refractivity contribution in [2.45, 2.75) is 109 Å². The largest absolute Gasteiger partial charge is 0.468 e. The van der Waals surface area contributed by atoms with Gasteiger partial charge in [0.15, 0.2) is 0 Å². The van der Waals surface area contributed by atoms with Crippen molar-refractivity contribution in [3.05, 3.63) is 0 Å². The maximum absolute atomic E-state index is 12.0. The number of ether oxygens (including phenoxy) is 4. The average Bonchev–Trinajstić information content (AvgIpc) is 3.73. The Morgan fingerprint density at radius 3 is 1.89 bits per heavy atom. The van der Waals surface area contributed by atoms with Gasteiger partial charge >= 0.3 is 11.9 Å². The quantitative estimate of drug-likeness (QED) is 0.382. The monoisotopic (exact) mass is 495 g/mol. The minimum absolute atomic E-state index is 0.174. The summed E-state index contributed by atoms with van der Waals surface area (Å²) in [5.41, 5.74) is 5.92. The third kappa shape index (κ3) is 8.25. The molecule has 4 fully saturated rings. The third-order valence-electron chi connectivity index (χ3n) is 7.94. The molecule has 2 saturated carbocycles. The number of carbonyl (C=O) groups is 3. The summed E-state index contributed by atoms with van der Waals surface area (Å²) in [6, 6.07) is -0.488. The van der Waals surface area contributed by atoms with Crippen molar-refractivity contribution >= 4 is 18.2 Å². The zero-order chi connectivity index (χ0) is 25.5. The molecule has 8 heteroatoms. The highest BCUT2D eigenvalue weighted by Gasteiger charge is 2.42. The highest BCUT2D eigenvalue weighted by Crippen LogP contribution is 2.43. The fraction of sp³-hybridized carbons (Fsp3) is 0.889. The Morgan fingerprint density at radius 1 is 0.914 bits per heavy atom. The molecule has 2 saturated heterocycles. The molecule has 0 aromatic heterocycles. The van der Waals surface area contributed by atoms with E-state index in [9.17, 15) is 14.4 Å². The summed E-state index contributed by atoms with van der Waals surface area (Å²) in [5, 5.41) is 0. The Morgan fingerprint density at radius 2 is 1.43 bits per heavy atom. The smallest absolute Gasteiger partial charge is 0.322 e. The molecular formula is C27H45NO7. The van der Waals surface area contributed by atoms with Crippen LogP contribution in [-0.4, -0.2) is 62.4 Å². The van der Waals surface area contributed by atoms with Crippen molar-refractivity contribution < 1.29 is 33.3 Å². The first-order valence-electron chi connectivity index (χ1n) is 13.5. The maximum Gasteiger partial charge on any atom is 0.322 e. The van der Waals surface area contributed by atoms with Gasteiger partial charge in [0.2, 0.25) is 0 Å². The molecule has 200 valence electrons. The van der Waals surface area contributed by atoms with Crippen LogP contribution in [0.1, 0.15) is 78.6 Å². The second-order valence-corrected chi connectivity index (χ2v) is 10.9. The van der Waals surface area contributed by atoms with E-state index in [0.717, 1.165) is 32.0 Å². The first kappa shape index (κ1) is 28.1. The Bertz CT molecular complexity index is 708. The fourth-order valence-electron chi connectivity index (χ4n) is 5.79. The van der Waals surface area contributed by atoms with Crippen LogP contribution >= 0.6 is 0 Å². The van der Waals surface area contributed by atoms with E-state index in [1.54, 1.807) is 6.92 Å². The molecule has 4 rings (SSSR count). The summed E-state index contributed by atoms with van der Waals surface area (Å²) in [4.78, 5) is 34.3. The van der Waals surface area contributed by atoms with E-state index in [-0.39, 0.29) is 54.4 Å². The van der Waals surface area contributed by atoms with Crippen LogP contribution in [0.5, 0.6) is 0 Å². The molecule has 2 aliphatic heterocycles. The van der Waals surface area contributed by atoms with Crippen molar-refractivity contribution in [2.75, 3.05) is 13.7 Å². The molecule has 2 aliphatic carbocycles. The van der Waals surface area contributed by atoms with Gasteiger partial charge in [-0.3, -0.25) is 9.59 Å². The topological polar surface area (TPSA) is 114 Å². The SMILES string of the molecule is CCOC(=O)[C@@H](CC=O)[C@H]1C[C@@H](C)O[C@H](C2CC2)C1.COC(=O)[C@@H](N)[C@H]1C[C@@H](C)O[C@H](C2CC2)C1. The van der Waals surface area contributed by atoms with Crippen molar-refractivity contribution in [2.24, 2.45) is 35.3 Å². The molecule has 8 nitrogen and oxygen atoms in total. The van der Waals surface area contributed by atoms with Crippen molar-refractivity contribution in [1.82, 2.24) is 0 Å². The lowest BCUT2D eigenvalue weighted by Crippen LogP contribution is -2.45. The lowest BCUT2D eigenvalue weighted by Gasteiger charge is -2.37. The van der Waals surface area contributed by atoms with Gasteiger partial charge in [0.1, 0.15) is 12.3 Å². The van der Waals surface area contributed by atoms with E-state index >= 15 is 0 Å². The van der Waals surface area contributed by atoms with E-state index in [1.807, 2.05) is 0 Å². The lowest BCUT2D eigenvalue weighted by atomic mass is 9.79. The first-order chi connectivity index (χ1) is 16.8. The summed E-state index contributed by atoms with van der Waals surface area (Å²) in [5.74, 6) is 1.00. The number of hydrogen-bond donors (Lipinski definition) is 1. The van der Waals surface area contributed by atoms with Gasteiger partial charge in [0, 0.05) is 6.42 Å². The van der Waals surface area contributed by atoms with Crippen LogP contribution in [0.3, 0.4) is 0 Å². The van der Waals surface area contributed by atoms with Crippen LogP contribution in [0.2, 0.25) is 0 Å². The summed E-state index contributed by atoms with van der Waals surface area (Å²) >= 11 is 0. The van der Waals surface area contributed by atoms with Crippen molar-refractivity contribution in [1.29, 1.82) is 0 Å². The van der Waals surface area contributed by atoms with Gasteiger partial charge < -0.3 is 29.5 Å². The normalized spacial score (nSPS) is 34.5. The molecule has 0 bridgehead atoms. The zero-order valence-corrected chi connectivity index (χ0v) is 21.9. The summed E-state index contributed by atoms with van der Waals surface area (Å²) < 4.78 is 21.7. The minimum Gasteiger partial charge on any atom is -0.468 e. The van der Waals surface area contributed by atoms with E-state index in [4.69, 9.17) is 24.7 Å². The number of carbonyl (C=O) groups excluding carboxylic acids is 3. The van der Waals surface area contributed by atoms with E-state index in [0.29, 0.717) is 24.5 Å². The molecule has 0 amide bonds. The number of methoxy groups -OCH3 is 1. The van der Waals surface area contributed by atoms with Gasteiger partial charge in [-0.25, -0.2) is 0 Å². The van der Waals surface area contributed by atoms with Gasteiger partial charge in [-0.15, -0.1) is 0 Å². The van der Waals surface area contributed by atoms with Gasteiger partial charge in [-0.1, -0.05) is 0 Å². The van der Waals surface area contributed by atoms with Gasteiger partial charge in [0.05, 0.1) is 44.1 Å². The lowest BCUT2D eigenvalue weighted by molar-refractivity contribution is -0.155. The predicted octanol–water partition coefficient (Wildman–Crippen LogP) is 3.43. The number of esters is 2. The summed E-state index contributed by atoms with van der Waals surface area (Å²) in [7, 11) is 1.39. The van der Waals surface area contributed by atoms with E-state index in [1.165, 1.54) is 32.8 Å². The Hall–Kier alpha value is -1.51. The van der Waals surface area contributed by atoms with Crippen LogP contribution in [0.25, 0.3) is 0 Å². The standard InChI is InChI=1S/C15H24O4.C12H21NO3/c1-3-18-15(17)13(6-7-16)12-8-10(2)19-14(9-12)11-4-5-11;1-7-5-9(11(13)12(14)15-2)6-10(16-7)8-3-4-8/h7,10-14H,3-6,8-9H2,1-2H3;7-11H,3-6,13H2,1-2H3/t10-,12+,13+,14+;7-,9+,10+,11+/m11/s1. The fourth-order valence-corrected chi connectivity index (χ4v) is 5.79. The summed E-state index contributed by atoms with van der Waals surface area (Å²) in [6.45, 7) is 6.30. The number of nitrogens with two attached hydrogens (primary N) is 1. The van der Waals surface area contributed by atoms with E-state index in [2.05, 4.69) is 13.8 Å². The molecule has 2 N–H and O–H groups in total. The van der Waals surface area contributed by atoms with Crippen molar-refractivity contribution in [3.8, 4) is 0 Å². The molecule has 35 heavy (non-hydrogen) atoms. The molecule has 0 aromatic rings. The van der Waals surface area contributed by atoms with Crippen LogP contribution in [0, 0.1) is 29.6 Å². The first-order valence-corrected chi connectivity index (χ1v) is 13.5. The van der Waals surface area contributed by atoms with Crippen LogP contribution in [0.15, 0.2) is 0 Å². The molecule has 2 heterocycles. The second kappa shape index (κ2) is 13.2. The van der Waals surface area contributed by atoms with Crippen molar-refractivity contribution in [3.63, 3.8) is 0 Å². The molecule has 0 radical (unpaired) electrons. The average molecular weight is 496 g/mol. The van der Waals surface area contributed by atoms with Crippen LogP contribution < -0.4 is 5.73 Å². The third-order valence-corrected chi connectivity index (χ3v) is 7.94. The Labute approximate surface area is 209 Å². The van der Waals surface area contributed by atoms with Gasteiger partial charge in [-0.05, 0) is 95.8 Å². The zero-order valence-electron chi connectivity index (χ0n) is 21.9. The Kier molecular flexibility index (Phi) is 10.5. The van der Waals surface area contributed by atoms with Gasteiger partial charge in [0.25, 0.3) is 0 Å². The molecule has 0 aromatic carbocycles. The van der Waals surface area contributed by atoms with Gasteiger partial charge in [-0.2, -0.15) is 0 Å². The molecule has 0 unspecified atom stereocenters. The molecule has 0 spiro atoms. The Balaban J connectivity index is 0.000000198. The van der Waals surface area contributed by atoms with Crippen LogP contribution in [0.4, 0.5) is 0 Å². The number of aldehydes is 1. The molecular weight excluding hydrogens is 450 g/mol. The second-order valence-electron chi connectivity index (χ2n) is 10.9. The van der Waals surface area contributed by atoms with E-state index < -0.39 is 6.04 Å². The summed E-state index contributed by atoms with van der Waals surface area (Å²) in [6.07, 6.45) is 10.6. The molecule has 8 atom stereocenters. The van der Waals surface area contributed by atoms with Crippen LogP contribution in [-0.2, 0) is 33.3 Å².